The third-order valence-electron chi connectivity index (χ3n) is 1.55. The van der Waals surface area contributed by atoms with E-state index in [1.807, 2.05) is 0 Å². The minimum Gasteiger partial charge on any atom is -0.463 e. The average molecular weight is 202 g/mol. The first kappa shape index (κ1) is 10.5. The highest BCUT2D eigenvalue weighted by Gasteiger charge is 2.30. The van der Waals surface area contributed by atoms with Gasteiger partial charge in [-0.3, -0.25) is 4.79 Å². The Kier molecular flexibility index (Phi) is 3.44. The number of hydrogen-bond donors (Lipinski definition) is 0. The van der Waals surface area contributed by atoms with E-state index in [2.05, 4.69) is 14.2 Å². The van der Waals surface area contributed by atoms with Crippen LogP contribution in [0.15, 0.2) is 0 Å². The van der Waals surface area contributed by atoms with Crippen molar-refractivity contribution in [2.24, 2.45) is 0 Å². The van der Waals surface area contributed by atoms with Gasteiger partial charge in [-0.1, -0.05) is 0 Å². The molecule has 1 rings (SSSR count). The molecule has 6 nitrogen and oxygen atoms in total. The van der Waals surface area contributed by atoms with Crippen molar-refractivity contribution in [3.05, 3.63) is 0 Å². The van der Waals surface area contributed by atoms with Crippen molar-refractivity contribution in [1.82, 2.24) is 0 Å². The van der Waals surface area contributed by atoms with E-state index in [9.17, 15) is 14.4 Å². The van der Waals surface area contributed by atoms with Crippen LogP contribution >= 0.6 is 0 Å². The monoisotopic (exact) mass is 202 g/mol. The van der Waals surface area contributed by atoms with E-state index in [4.69, 9.17) is 0 Å². The van der Waals surface area contributed by atoms with Gasteiger partial charge in [-0.15, -0.1) is 0 Å². The molecule has 1 aliphatic heterocycles. The first-order chi connectivity index (χ1) is 6.59. The van der Waals surface area contributed by atoms with Crippen molar-refractivity contribution in [3.63, 3.8) is 0 Å². The van der Waals surface area contributed by atoms with Gasteiger partial charge in [0.15, 0.2) is 6.61 Å². The molecule has 0 aliphatic carbocycles. The molecule has 0 aromatic heterocycles. The van der Waals surface area contributed by atoms with Gasteiger partial charge in [-0.05, 0) is 0 Å². The Hall–Kier alpha value is -1.59. The standard InChI is InChI=1S/C8H10O6/c1-5(9)13-4-7(10)14-6-2-3-12-8(6)11/h6H,2-4H2,1H3. The molecule has 6 heteroatoms. The second-order valence-corrected chi connectivity index (χ2v) is 2.71. The Morgan fingerprint density at radius 3 is 2.79 bits per heavy atom. The molecule has 1 heterocycles. The summed E-state index contributed by atoms with van der Waals surface area (Å²) in [5, 5.41) is 0. The molecule has 1 atom stereocenters. The van der Waals surface area contributed by atoms with Crippen LogP contribution in [0.2, 0.25) is 0 Å². The van der Waals surface area contributed by atoms with E-state index in [-0.39, 0.29) is 6.61 Å². The quantitative estimate of drug-likeness (QED) is 0.449. The molecule has 0 spiro atoms. The Morgan fingerprint density at radius 1 is 1.57 bits per heavy atom. The number of esters is 3. The molecule has 0 aromatic carbocycles. The molecule has 0 amide bonds. The van der Waals surface area contributed by atoms with Crippen molar-refractivity contribution < 1.29 is 28.6 Å². The SMILES string of the molecule is CC(=O)OCC(=O)OC1CCOC1=O. The van der Waals surface area contributed by atoms with Crippen molar-refractivity contribution >= 4 is 17.9 Å². The van der Waals surface area contributed by atoms with Crippen LogP contribution in [0.1, 0.15) is 13.3 Å². The lowest BCUT2D eigenvalue weighted by Gasteiger charge is -2.07. The van der Waals surface area contributed by atoms with Gasteiger partial charge < -0.3 is 14.2 Å². The molecule has 0 bridgehead atoms. The second kappa shape index (κ2) is 4.59. The van der Waals surface area contributed by atoms with Crippen molar-refractivity contribution in [2.75, 3.05) is 13.2 Å². The summed E-state index contributed by atoms with van der Waals surface area (Å²) in [6.07, 6.45) is -0.497. The Balaban J connectivity index is 2.26. The van der Waals surface area contributed by atoms with Gasteiger partial charge in [-0.2, -0.15) is 0 Å². The van der Waals surface area contributed by atoms with Gasteiger partial charge in [0.2, 0.25) is 6.10 Å². The summed E-state index contributed by atoms with van der Waals surface area (Å²) >= 11 is 0. The average Bonchev–Trinajstić information content (AvgIpc) is 2.49. The minimum absolute atomic E-state index is 0.254. The summed E-state index contributed by atoms with van der Waals surface area (Å²) in [6.45, 7) is 0.959. The predicted molar refractivity (Wildman–Crippen MR) is 42.1 cm³/mol. The summed E-state index contributed by atoms with van der Waals surface area (Å²) in [5.74, 6) is -1.87. The van der Waals surface area contributed by atoms with E-state index in [1.54, 1.807) is 0 Å². The Bertz CT molecular complexity index is 259. The second-order valence-electron chi connectivity index (χ2n) is 2.71. The van der Waals surface area contributed by atoms with Crippen molar-refractivity contribution in [2.45, 2.75) is 19.4 Å². The summed E-state index contributed by atoms with van der Waals surface area (Å²) in [7, 11) is 0. The Labute approximate surface area is 80.1 Å². The maximum Gasteiger partial charge on any atom is 0.347 e. The number of carbonyl (C=O) groups excluding carboxylic acids is 3. The fourth-order valence-corrected chi connectivity index (χ4v) is 0.938. The first-order valence-electron chi connectivity index (χ1n) is 4.09. The molecular formula is C8H10O6. The van der Waals surface area contributed by atoms with E-state index in [1.165, 1.54) is 6.92 Å². The third-order valence-corrected chi connectivity index (χ3v) is 1.55. The van der Waals surface area contributed by atoms with Crippen LogP contribution in [-0.4, -0.2) is 37.2 Å². The minimum atomic E-state index is -0.849. The summed E-state index contributed by atoms with van der Waals surface area (Å²) < 4.78 is 13.6. The molecule has 0 radical (unpaired) electrons. The molecule has 1 unspecified atom stereocenters. The highest BCUT2D eigenvalue weighted by molar-refractivity contribution is 5.81. The van der Waals surface area contributed by atoms with Crippen LogP contribution in [0.3, 0.4) is 0 Å². The molecule has 0 saturated carbocycles. The number of ether oxygens (including phenoxy) is 3. The largest absolute Gasteiger partial charge is 0.463 e. The normalized spacial score (nSPS) is 20.1. The van der Waals surface area contributed by atoms with Gasteiger partial charge in [0.1, 0.15) is 0 Å². The first-order valence-corrected chi connectivity index (χ1v) is 4.09. The maximum absolute atomic E-state index is 10.9. The molecular weight excluding hydrogens is 192 g/mol. The lowest BCUT2D eigenvalue weighted by atomic mass is 10.3. The molecule has 14 heavy (non-hydrogen) atoms. The van der Waals surface area contributed by atoms with E-state index in [0.29, 0.717) is 6.42 Å². The fraction of sp³-hybridized carbons (Fsp3) is 0.625. The molecule has 0 N–H and O–H groups in total. The van der Waals surface area contributed by atoms with Crippen LogP contribution in [0, 0.1) is 0 Å². The zero-order valence-corrected chi connectivity index (χ0v) is 7.65. The van der Waals surface area contributed by atoms with Gasteiger partial charge in [-0.25, -0.2) is 9.59 Å². The summed E-state index contributed by atoms with van der Waals surface area (Å²) in [4.78, 5) is 32.1. The van der Waals surface area contributed by atoms with Crippen molar-refractivity contribution in [3.8, 4) is 0 Å². The van der Waals surface area contributed by atoms with Crippen LogP contribution in [0.4, 0.5) is 0 Å². The summed E-state index contributed by atoms with van der Waals surface area (Å²) in [6, 6.07) is 0. The van der Waals surface area contributed by atoms with Crippen LogP contribution in [0.5, 0.6) is 0 Å². The lowest BCUT2D eigenvalue weighted by Crippen LogP contribution is -2.25. The molecule has 1 aliphatic rings. The zero-order chi connectivity index (χ0) is 10.6. The molecule has 1 fully saturated rings. The molecule has 78 valence electrons. The predicted octanol–water partition coefficient (Wildman–Crippen LogP) is -0.592. The number of cyclic esters (lactones) is 1. The highest BCUT2D eigenvalue weighted by atomic mass is 16.6. The van der Waals surface area contributed by atoms with E-state index < -0.39 is 30.6 Å². The highest BCUT2D eigenvalue weighted by Crippen LogP contribution is 2.10. The van der Waals surface area contributed by atoms with Crippen LogP contribution < -0.4 is 0 Å². The van der Waals surface area contributed by atoms with Crippen LogP contribution in [0.25, 0.3) is 0 Å². The molecule has 0 aromatic rings. The lowest BCUT2D eigenvalue weighted by molar-refractivity contribution is -0.166. The maximum atomic E-state index is 10.9. The van der Waals surface area contributed by atoms with Gasteiger partial charge >= 0.3 is 17.9 Å². The summed E-state index contributed by atoms with van der Waals surface area (Å²) in [5.41, 5.74) is 0. The number of rotatable bonds is 3. The van der Waals surface area contributed by atoms with Crippen molar-refractivity contribution in [1.29, 1.82) is 0 Å². The van der Waals surface area contributed by atoms with E-state index >= 15 is 0 Å². The van der Waals surface area contributed by atoms with Gasteiger partial charge in [0, 0.05) is 13.3 Å². The van der Waals surface area contributed by atoms with Gasteiger partial charge in [0.25, 0.3) is 0 Å². The fourth-order valence-electron chi connectivity index (χ4n) is 0.938. The topological polar surface area (TPSA) is 78.9 Å². The van der Waals surface area contributed by atoms with Gasteiger partial charge in [0.05, 0.1) is 6.61 Å². The smallest absolute Gasteiger partial charge is 0.347 e. The van der Waals surface area contributed by atoms with Crippen LogP contribution in [-0.2, 0) is 28.6 Å². The number of hydrogen-bond acceptors (Lipinski definition) is 6. The zero-order valence-electron chi connectivity index (χ0n) is 7.65. The van der Waals surface area contributed by atoms with E-state index in [0.717, 1.165) is 0 Å². The third kappa shape index (κ3) is 3.04. The number of carbonyl (C=O) groups is 3. The molecule has 1 saturated heterocycles. The Morgan fingerprint density at radius 2 is 2.29 bits per heavy atom.